The van der Waals surface area contributed by atoms with Crippen molar-refractivity contribution in [1.29, 1.82) is 0 Å². The van der Waals surface area contributed by atoms with Crippen LogP contribution in [0.1, 0.15) is 49.2 Å². The Morgan fingerprint density at radius 3 is 2.60 bits per heavy atom. The molecule has 1 atom stereocenters. The predicted octanol–water partition coefficient (Wildman–Crippen LogP) is 3.41. The third-order valence-corrected chi connectivity index (χ3v) is 6.68. The van der Waals surface area contributed by atoms with E-state index in [-0.39, 0.29) is 18.5 Å². The molecule has 30 heavy (non-hydrogen) atoms. The number of nitrogens with zero attached hydrogens (tertiary/aromatic N) is 4. The zero-order chi connectivity index (χ0) is 21.3. The maximum atomic E-state index is 13.3. The quantitative estimate of drug-likeness (QED) is 0.683. The van der Waals surface area contributed by atoms with Crippen LogP contribution in [0.3, 0.4) is 0 Å². The SMILES string of the molecule is Cc1ccc([C@H](C)CCN2CCC3(CC2)C(=O)N(Cc2cccnc2)C(=O)N3C)o1. The molecule has 2 aliphatic heterocycles. The molecular weight excluding hydrogens is 380 g/mol. The number of aromatic nitrogens is 1. The molecule has 4 rings (SSSR count). The zero-order valence-electron chi connectivity index (χ0n) is 18.0. The second kappa shape index (κ2) is 8.22. The van der Waals surface area contributed by atoms with Crippen molar-refractivity contribution in [3.63, 3.8) is 0 Å². The molecule has 4 heterocycles. The first-order valence-corrected chi connectivity index (χ1v) is 10.7. The molecule has 7 heteroatoms. The molecule has 160 valence electrons. The van der Waals surface area contributed by atoms with Gasteiger partial charge < -0.3 is 14.2 Å². The van der Waals surface area contributed by atoms with Gasteiger partial charge in [-0.05, 0) is 56.5 Å². The van der Waals surface area contributed by atoms with Crippen molar-refractivity contribution >= 4 is 11.9 Å². The van der Waals surface area contributed by atoms with Gasteiger partial charge in [0.25, 0.3) is 5.91 Å². The Balaban J connectivity index is 1.35. The average Bonchev–Trinajstić information content (AvgIpc) is 3.27. The number of likely N-dealkylation sites (tertiary alicyclic amines) is 1. The molecule has 0 radical (unpaired) electrons. The van der Waals surface area contributed by atoms with E-state index in [4.69, 9.17) is 4.42 Å². The lowest BCUT2D eigenvalue weighted by atomic mass is 9.86. The standard InChI is InChI=1S/C23H30N4O3/c1-17(20-7-6-18(2)30-20)8-12-26-13-9-23(10-14-26)21(28)27(22(29)25(23)3)16-19-5-4-11-24-15-19/h4-7,11,15,17H,8-10,12-14,16H2,1-3H3/t17-/m1/s1. The lowest BCUT2D eigenvalue weighted by Crippen LogP contribution is -2.55. The summed E-state index contributed by atoms with van der Waals surface area (Å²) in [6, 6.07) is 7.57. The lowest BCUT2D eigenvalue weighted by Gasteiger charge is -2.41. The molecular formula is C23H30N4O3. The van der Waals surface area contributed by atoms with Gasteiger partial charge >= 0.3 is 6.03 Å². The summed E-state index contributed by atoms with van der Waals surface area (Å²) >= 11 is 0. The summed E-state index contributed by atoms with van der Waals surface area (Å²) in [7, 11) is 1.76. The third-order valence-electron chi connectivity index (χ3n) is 6.68. The molecule has 2 aliphatic rings. The maximum absolute atomic E-state index is 13.3. The second-order valence-electron chi connectivity index (χ2n) is 8.61. The number of likely N-dealkylation sites (N-methyl/N-ethyl adjacent to an activating group) is 1. The van der Waals surface area contributed by atoms with E-state index >= 15 is 0 Å². The number of aryl methyl sites for hydroxylation is 1. The van der Waals surface area contributed by atoms with E-state index in [0.29, 0.717) is 18.8 Å². The summed E-state index contributed by atoms with van der Waals surface area (Å²) in [4.78, 5) is 35.6. The van der Waals surface area contributed by atoms with Crippen molar-refractivity contribution in [2.45, 2.75) is 51.1 Å². The van der Waals surface area contributed by atoms with Crippen LogP contribution >= 0.6 is 0 Å². The largest absolute Gasteiger partial charge is 0.466 e. The number of piperidine rings is 1. The van der Waals surface area contributed by atoms with Gasteiger partial charge in [-0.25, -0.2) is 4.79 Å². The molecule has 0 bridgehead atoms. The number of carbonyl (C=O) groups is 2. The van der Waals surface area contributed by atoms with Gasteiger partial charge in [-0.2, -0.15) is 0 Å². The van der Waals surface area contributed by atoms with Crippen LogP contribution in [-0.2, 0) is 11.3 Å². The number of hydrogen-bond donors (Lipinski definition) is 0. The van der Waals surface area contributed by atoms with Crippen molar-refractivity contribution in [2.75, 3.05) is 26.7 Å². The Bertz CT molecular complexity index is 902. The fourth-order valence-corrected chi connectivity index (χ4v) is 4.59. The molecule has 0 N–H and O–H groups in total. The minimum atomic E-state index is -0.709. The number of carbonyl (C=O) groups excluding carboxylic acids is 2. The van der Waals surface area contributed by atoms with Crippen LogP contribution in [-0.4, -0.2) is 63.8 Å². The van der Waals surface area contributed by atoms with Gasteiger partial charge in [-0.1, -0.05) is 13.0 Å². The first kappa shape index (κ1) is 20.6. The van der Waals surface area contributed by atoms with Crippen LogP contribution in [0.25, 0.3) is 0 Å². The summed E-state index contributed by atoms with van der Waals surface area (Å²) in [6.07, 6.45) is 5.75. The molecule has 1 spiro atoms. The van der Waals surface area contributed by atoms with Crippen molar-refractivity contribution in [2.24, 2.45) is 0 Å². The fraction of sp³-hybridized carbons (Fsp3) is 0.522. The second-order valence-corrected chi connectivity index (χ2v) is 8.61. The number of urea groups is 1. The van der Waals surface area contributed by atoms with Crippen molar-refractivity contribution in [1.82, 2.24) is 19.7 Å². The van der Waals surface area contributed by atoms with Gasteiger partial charge in [-0.15, -0.1) is 0 Å². The normalized spacial score (nSPS) is 20.4. The number of hydrogen-bond acceptors (Lipinski definition) is 5. The summed E-state index contributed by atoms with van der Waals surface area (Å²) in [5, 5.41) is 0. The Morgan fingerprint density at radius 1 is 1.20 bits per heavy atom. The number of amides is 3. The summed E-state index contributed by atoms with van der Waals surface area (Å²) < 4.78 is 5.74. The minimum absolute atomic E-state index is 0.0714. The van der Waals surface area contributed by atoms with Crippen molar-refractivity contribution in [3.8, 4) is 0 Å². The number of rotatable bonds is 6. The Kier molecular flexibility index (Phi) is 5.64. The summed E-state index contributed by atoms with van der Waals surface area (Å²) in [6.45, 7) is 7.02. The van der Waals surface area contributed by atoms with Crippen molar-refractivity contribution in [3.05, 3.63) is 53.7 Å². The lowest BCUT2D eigenvalue weighted by molar-refractivity contribution is -0.135. The molecule has 3 amide bonds. The molecule has 2 aromatic rings. The van der Waals surface area contributed by atoms with Gasteiger partial charge in [0, 0.05) is 38.4 Å². The van der Waals surface area contributed by atoms with Gasteiger partial charge in [0.2, 0.25) is 0 Å². The van der Waals surface area contributed by atoms with Crippen LogP contribution in [0, 0.1) is 6.92 Å². The molecule has 0 aromatic carbocycles. The van der Waals surface area contributed by atoms with Crippen LogP contribution in [0.5, 0.6) is 0 Å². The fourth-order valence-electron chi connectivity index (χ4n) is 4.59. The predicted molar refractivity (Wildman–Crippen MR) is 113 cm³/mol. The van der Waals surface area contributed by atoms with Crippen molar-refractivity contribution < 1.29 is 14.0 Å². The smallest absolute Gasteiger partial charge is 0.327 e. The average molecular weight is 411 g/mol. The van der Waals surface area contributed by atoms with Crippen LogP contribution in [0.15, 0.2) is 41.1 Å². The van der Waals surface area contributed by atoms with E-state index in [2.05, 4.69) is 22.9 Å². The molecule has 0 saturated carbocycles. The zero-order valence-corrected chi connectivity index (χ0v) is 18.0. The molecule has 2 saturated heterocycles. The first-order valence-electron chi connectivity index (χ1n) is 10.7. The monoisotopic (exact) mass is 410 g/mol. The maximum Gasteiger partial charge on any atom is 0.327 e. The molecule has 2 fully saturated rings. The Labute approximate surface area is 177 Å². The molecule has 0 aliphatic carbocycles. The highest BCUT2D eigenvalue weighted by atomic mass is 16.3. The van der Waals surface area contributed by atoms with Gasteiger partial charge in [0.15, 0.2) is 0 Å². The highest BCUT2D eigenvalue weighted by Crippen LogP contribution is 2.37. The van der Waals surface area contributed by atoms with Gasteiger partial charge in [0.1, 0.15) is 17.1 Å². The highest BCUT2D eigenvalue weighted by Gasteiger charge is 2.56. The molecule has 2 aromatic heterocycles. The number of pyridine rings is 1. The highest BCUT2D eigenvalue weighted by molar-refractivity contribution is 6.06. The molecule has 0 unspecified atom stereocenters. The van der Waals surface area contributed by atoms with Crippen LogP contribution < -0.4 is 0 Å². The Morgan fingerprint density at radius 2 is 1.97 bits per heavy atom. The summed E-state index contributed by atoms with van der Waals surface area (Å²) in [5.74, 6) is 2.27. The van der Waals surface area contributed by atoms with Gasteiger partial charge in [0.05, 0.1) is 6.54 Å². The van der Waals surface area contributed by atoms with Crippen LogP contribution in [0.4, 0.5) is 4.79 Å². The number of furan rings is 1. The van der Waals surface area contributed by atoms with E-state index in [1.165, 1.54) is 4.90 Å². The Hall–Kier alpha value is -2.67. The van der Waals surface area contributed by atoms with Gasteiger partial charge in [-0.3, -0.25) is 14.7 Å². The van der Waals surface area contributed by atoms with E-state index in [1.54, 1.807) is 24.3 Å². The topological polar surface area (TPSA) is 69.9 Å². The van der Waals surface area contributed by atoms with E-state index < -0.39 is 5.54 Å². The first-order chi connectivity index (χ1) is 14.4. The van der Waals surface area contributed by atoms with E-state index in [9.17, 15) is 9.59 Å². The molecule has 7 nitrogen and oxygen atoms in total. The minimum Gasteiger partial charge on any atom is -0.466 e. The number of imide groups is 1. The van der Waals surface area contributed by atoms with E-state index in [0.717, 1.165) is 43.1 Å². The van der Waals surface area contributed by atoms with Crippen LogP contribution in [0.2, 0.25) is 0 Å². The van der Waals surface area contributed by atoms with E-state index in [1.807, 2.05) is 25.1 Å². The third kappa shape index (κ3) is 3.74. The summed E-state index contributed by atoms with van der Waals surface area (Å²) in [5.41, 5.74) is 0.156.